The molecule has 2 unspecified atom stereocenters. The monoisotopic (exact) mass is 303 g/mol. The van der Waals surface area contributed by atoms with Gasteiger partial charge in [-0.05, 0) is 48.4 Å². The zero-order valence-electron chi connectivity index (χ0n) is 11.0. The number of nitrogens with zero attached hydrogens (tertiary/aromatic N) is 1. The van der Waals surface area contributed by atoms with Gasteiger partial charge in [0.05, 0.1) is 16.3 Å². The molecule has 0 spiro atoms. The van der Waals surface area contributed by atoms with Crippen LogP contribution in [0.4, 0.5) is 0 Å². The summed E-state index contributed by atoms with van der Waals surface area (Å²) in [6, 6.07) is 1.82. The van der Waals surface area contributed by atoms with Crippen molar-refractivity contribution in [3.05, 3.63) is 22.6 Å². The standard InChI is InChI=1S/C13H22BrNO2/c1-5-13(4,15(6-2)7-3)12(16)11-10(14)8-9-17-11/h8-9,12,16H,5-7H2,1-4H3. The van der Waals surface area contributed by atoms with E-state index in [-0.39, 0.29) is 5.54 Å². The van der Waals surface area contributed by atoms with E-state index in [1.807, 2.05) is 6.07 Å². The van der Waals surface area contributed by atoms with E-state index in [2.05, 4.69) is 48.5 Å². The number of likely N-dealkylation sites (N-methyl/N-ethyl adjacent to an activating group) is 1. The fraction of sp³-hybridized carbons (Fsp3) is 0.692. The minimum Gasteiger partial charge on any atom is -0.465 e. The van der Waals surface area contributed by atoms with Crippen molar-refractivity contribution < 1.29 is 9.52 Å². The molecule has 0 amide bonds. The van der Waals surface area contributed by atoms with Gasteiger partial charge >= 0.3 is 0 Å². The van der Waals surface area contributed by atoms with E-state index in [4.69, 9.17) is 4.42 Å². The molecule has 4 heteroatoms. The molecule has 0 saturated heterocycles. The first-order chi connectivity index (χ1) is 8.01. The summed E-state index contributed by atoms with van der Waals surface area (Å²) in [6.07, 6.45) is 1.83. The van der Waals surface area contributed by atoms with Crippen LogP contribution in [0.2, 0.25) is 0 Å². The Morgan fingerprint density at radius 3 is 2.35 bits per heavy atom. The molecule has 0 fully saturated rings. The number of furan rings is 1. The summed E-state index contributed by atoms with van der Waals surface area (Å²) in [5, 5.41) is 10.6. The number of aliphatic hydroxyl groups excluding tert-OH is 1. The van der Waals surface area contributed by atoms with Gasteiger partial charge < -0.3 is 9.52 Å². The van der Waals surface area contributed by atoms with Crippen LogP contribution in [0.15, 0.2) is 21.2 Å². The molecule has 1 N–H and O–H groups in total. The van der Waals surface area contributed by atoms with Crippen LogP contribution in [0.3, 0.4) is 0 Å². The molecule has 0 bridgehead atoms. The molecule has 0 aliphatic rings. The fourth-order valence-electron chi connectivity index (χ4n) is 2.32. The normalized spacial score (nSPS) is 17.1. The average molecular weight is 304 g/mol. The van der Waals surface area contributed by atoms with Gasteiger partial charge in [-0.15, -0.1) is 0 Å². The Bertz CT molecular complexity index is 349. The number of halogens is 1. The Labute approximate surface area is 112 Å². The summed E-state index contributed by atoms with van der Waals surface area (Å²) in [4.78, 5) is 2.27. The first kappa shape index (κ1) is 14.7. The molecule has 17 heavy (non-hydrogen) atoms. The maximum Gasteiger partial charge on any atom is 0.148 e. The molecule has 98 valence electrons. The molecule has 0 aliphatic heterocycles. The van der Waals surface area contributed by atoms with Gasteiger partial charge in [0.1, 0.15) is 11.9 Å². The van der Waals surface area contributed by atoms with E-state index < -0.39 is 6.10 Å². The lowest BCUT2D eigenvalue weighted by Gasteiger charge is -2.42. The van der Waals surface area contributed by atoms with Crippen molar-refractivity contribution in [2.45, 2.75) is 45.8 Å². The predicted molar refractivity (Wildman–Crippen MR) is 73.0 cm³/mol. The quantitative estimate of drug-likeness (QED) is 0.872. The molecule has 1 heterocycles. The predicted octanol–water partition coefficient (Wildman–Crippen LogP) is 3.59. The van der Waals surface area contributed by atoms with Gasteiger partial charge in [-0.2, -0.15) is 0 Å². The summed E-state index contributed by atoms with van der Waals surface area (Å²) in [5.41, 5.74) is -0.302. The van der Waals surface area contributed by atoms with Crippen LogP contribution in [0.5, 0.6) is 0 Å². The second kappa shape index (κ2) is 6.03. The summed E-state index contributed by atoms with van der Waals surface area (Å²) in [5.74, 6) is 0.612. The lowest BCUT2D eigenvalue weighted by atomic mass is 9.88. The largest absolute Gasteiger partial charge is 0.465 e. The molecule has 1 aromatic rings. The van der Waals surface area contributed by atoms with E-state index in [9.17, 15) is 5.11 Å². The average Bonchev–Trinajstić information content (AvgIpc) is 2.75. The van der Waals surface area contributed by atoms with Gasteiger partial charge in [0, 0.05) is 0 Å². The number of hydrogen-bond acceptors (Lipinski definition) is 3. The molecule has 2 atom stereocenters. The van der Waals surface area contributed by atoms with E-state index in [1.54, 1.807) is 6.26 Å². The van der Waals surface area contributed by atoms with Gasteiger partial charge in [0.15, 0.2) is 0 Å². The van der Waals surface area contributed by atoms with Crippen molar-refractivity contribution >= 4 is 15.9 Å². The minimum absolute atomic E-state index is 0.302. The second-order valence-electron chi connectivity index (χ2n) is 4.42. The Morgan fingerprint density at radius 1 is 1.41 bits per heavy atom. The molecular weight excluding hydrogens is 282 g/mol. The van der Waals surface area contributed by atoms with Crippen LogP contribution in [0.25, 0.3) is 0 Å². The molecule has 0 aromatic carbocycles. The van der Waals surface area contributed by atoms with Gasteiger partial charge in [-0.3, -0.25) is 4.90 Å². The fourth-order valence-corrected chi connectivity index (χ4v) is 2.74. The Balaban J connectivity index is 3.04. The van der Waals surface area contributed by atoms with Crippen molar-refractivity contribution in [1.29, 1.82) is 0 Å². The Kier molecular flexibility index (Phi) is 5.22. The molecule has 0 radical (unpaired) electrons. The SMILES string of the molecule is CCN(CC)C(C)(CC)C(O)c1occc1Br. The van der Waals surface area contributed by atoms with E-state index in [0.29, 0.717) is 5.76 Å². The molecule has 0 saturated carbocycles. The Hall–Kier alpha value is -0.320. The van der Waals surface area contributed by atoms with Crippen LogP contribution < -0.4 is 0 Å². The molecular formula is C13H22BrNO2. The first-order valence-corrected chi connectivity index (χ1v) is 6.96. The highest BCUT2D eigenvalue weighted by Gasteiger charge is 2.39. The lowest BCUT2D eigenvalue weighted by Crippen LogP contribution is -2.50. The molecule has 0 aliphatic carbocycles. The van der Waals surface area contributed by atoms with E-state index in [0.717, 1.165) is 24.0 Å². The first-order valence-electron chi connectivity index (χ1n) is 6.17. The van der Waals surface area contributed by atoms with Gasteiger partial charge in [-0.25, -0.2) is 0 Å². The maximum absolute atomic E-state index is 10.6. The minimum atomic E-state index is -0.628. The summed E-state index contributed by atoms with van der Waals surface area (Å²) in [7, 11) is 0. The number of aliphatic hydroxyl groups is 1. The molecule has 3 nitrogen and oxygen atoms in total. The summed E-state index contributed by atoms with van der Waals surface area (Å²) >= 11 is 3.41. The third kappa shape index (κ3) is 2.75. The Morgan fingerprint density at radius 2 is 2.00 bits per heavy atom. The lowest BCUT2D eigenvalue weighted by molar-refractivity contribution is -0.0326. The van der Waals surface area contributed by atoms with Crippen molar-refractivity contribution in [1.82, 2.24) is 4.90 Å². The summed E-state index contributed by atoms with van der Waals surface area (Å²) in [6.45, 7) is 10.2. The van der Waals surface area contributed by atoms with Crippen LogP contribution >= 0.6 is 15.9 Å². The van der Waals surface area contributed by atoms with Crippen molar-refractivity contribution in [2.24, 2.45) is 0 Å². The zero-order valence-corrected chi connectivity index (χ0v) is 12.6. The van der Waals surface area contributed by atoms with E-state index in [1.165, 1.54) is 0 Å². The topological polar surface area (TPSA) is 36.6 Å². The van der Waals surface area contributed by atoms with Crippen LogP contribution in [-0.4, -0.2) is 28.6 Å². The highest BCUT2D eigenvalue weighted by Crippen LogP contribution is 2.37. The van der Waals surface area contributed by atoms with Crippen molar-refractivity contribution in [3.63, 3.8) is 0 Å². The van der Waals surface area contributed by atoms with Gasteiger partial charge in [-0.1, -0.05) is 20.8 Å². The van der Waals surface area contributed by atoms with Crippen LogP contribution in [-0.2, 0) is 0 Å². The van der Waals surface area contributed by atoms with Gasteiger partial charge in [0.25, 0.3) is 0 Å². The van der Waals surface area contributed by atoms with Crippen LogP contribution in [0.1, 0.15) is 46.0 Å². The third-order valence-electron chi connectivity index (χ3n) is 3.68. The number of hydrogen-bond donors (Lipinski definition) is 1. The van der Waals surface area contributed by atoms with Crippen LogP contribution in [0, 0.1) is 0 Å². The highest BCUT2D eigenvalue weighted by molar-refractivity contribution is 9.10. The zero-order chi connectivity index (χ0) is 13.1. The maximum atomic E-state index is 10.6. The second-order valence-corrected chi connectivity index (χ2v) is 5.27. The van der Waals surface area contributed by atoms with Gasteiger partial charge in [0.2, 0.25) is 0 Å². The third-order valence-corrected chi connectivity index (χ3v) is 4.34. The molecule has 1 rings (SSSR count). The summed E-state index contributed by atoms with van der Waals surface area (Å²) < 4.78 is 6.22. The number of rotatable bonds is 6. The smallest absolute Gasteiger partial charge is 0.148 e. The van der Waals surface area contributed by atoms with Crippen molar-refractivity contribution in [3.8, 4) is 0 Å². The highest BCUT2D eigenvalue weighted by atomic mass is 79.9. The molecule has 1 aromatic heterocycles. The van der Waals surface area contributed by atoms with Crippen molar-refractivity contribution in [2.75, 3.05) is 13.1 Å². The van der Waals surface area contributed by atoms with E-state index >= 15 is 0 Å².